The van der Waals surface area contributed by atoms with Gasteiger partial charge in [-0.05, 0) is 24.3 Å². The summed E-state index contributed by atoms with van der Waals surface area (Å²) >= 11 is 5.59. The highest BCUT2D eigenvalue weighted by molar-refractivity contribution is 7.89. The molecule has 0 radical (unpaired) electrons. The normalized spacial score (nSPS) is 13.3. The van der Waals surface area contributed by atoms with Gasteiger partial charge in [0.05, 0.1) is 5.75 Å². The number of rotatable bonds is 10. The molecule has 0 fully saturated rings. The summed E-state index contributed by atoms with van der Waals surface area (Å²) in [5, 5.41) is 0. The second-order valence-corrected chi connectivity index (χ2v) is 7.32. The van der Waals surface area contributed by atoms with Crippen molar-refractivity contribution >= 4 is 21.6 Å². The number of unbranched alkanes of at least 4 members (excludes halogenated alkanes) is 3. The Hall–Kier alpha value is -0.580. The number of hydrogen-bond donors (Lipinski definition) is 1. The van der Waals surface area contributed by atoms with Crippen LogP contribution in [0.15, 0.2) is 30.3 Å². The standard InChI is InChI=1S/C15H24ClNO2S/c1-14(15-9-5-4-6-10-15)13-20(18,19)17-12-8-3-2-7-11-16/h4-6,9-10,14,17H,2-3,7-8,11-13H2,1H3. The zero-order valence-corrected chi connectivity index (χ0v) is 13.6. The zero-order valence-electron chi connectivity index (χ0n) is 12.0. The number of hydrogen-bond acceptors (Lipinski definition) is 2. The number of alkyl halides is 1. The van der Waals surface area contributed by atoms with Crippen LogP contribution < -0.4 is 4.72 Å². The topological polar surface area (TPSA) is 46.2 Å². The first-order valence-electron chi connectivity index (χ1n) is 7.13. The summed E-state index contributed by atoms with van der Waals surface area (Å²) in [4.78, 5) is 0. The van der Waals surface area contributed by atoms with E-state index >= 15 is 0 Å². The SMILES string of the molecule is CC(CS(=O)(=O)NCCCCCCCl)c1ccccc1. The van der Waals surface area contributed by atoms with E-state index in [2.05, 4.69) is 4.72 Å². The van der Waals surface area contributed by atoms with Gasteiger partial charge in [0, 0.05) is 12.4 Å². The molecule has 0 amide bonds. The molecule has 1 aromatic carbocycles. The van der Waals surface area contributed by atoms with Crippen LogP contribution in [0.4, 0.5) is 0 Å². The van der Waals surface area contributed by atoms with Crippen molar-refractivity contribution < 1.29 is 8.42 Å². The van der Waals surface area contributed by atoms with E-state index in [1.165, 1.54) is 0 Å². The highest BCUT2D eigenvalue weighted by Crippen LogP contribution is 2.16. The van der Waals surface area contributed by atoms with Gasteiger partial charge in [-0.25, -0.2) is 13.1 Å². The van der Waals surface area contributed by atoms with Gasteiger partial charge in [-0.2, -0.15) is 0 Å². The lowest BCUT2D eigenvalue weighted by Crippen LogP contribution is -2.29. The maximum atomic E-state index is 12.0. The molecule has 0 saturated heterocycles. The summed E-state index contributed by atoms with van der Waals surface area (Å²) in [7, 11) is -3.20. The van der Waals surface area contributed by atoms with Crippen LogP contribution in [-0.2, 0) is 10.0 Å². The van der Waals surface area contributed by atoms with Gasteiger partial charge >= 0.3 is 0 Å². The van der Waals surface area contributed by atoms with Crippen molar-refractivity contribution in [3.8, 4) is 0 Å². The van der Waals surface area contributed by atoms with Gasteiger partial charge in [0.25, 0.3) is 0 Å². The minimum Gasteiger partial charge on any atom is -0.215 e. The molecule has 1 aromatic rings. The van der Waals surface area contributed by atoms with Crippen LogP contribution in [0.1, 0.15) is 44.1 Å². The Morgan fingerprint density at radius 1 is 1.10 bits per heavy atom. The van der Waals surface area contributed by atoms with Crippen LogP contribution in [0, 0.1) is 0 Å². The quantitative estimate of drug-likeness (QED) is 0.530. The molecule has 0 spiro atoms. The first kappa shape index (κ1) is 17.5. The fraction of sp³-hybridized carbons (Fsp3) is 0.600. The first-order chi connectivity index (χ1) is 9.55. The smallest absolute Gasteiger partial charge is 0.212 e. The molecule has 0 aliphatic carbocycles. The summed E-state index contributed by atoms with van der Waals surface area (Å²) in [5.41, 5.74) is 1.06. The molecule has 114 valence electrons. The van der Waals surface area contributed by atoms with Crippen molar-refractivity contribution in [3.63, 3.8) is 0 Å². The Morgan fingerprint density at radius 2 is 1.75 bits per heavy atom. The van der Waals surface area contributed by atoms with E-state index in [1.807, 2.05) is 37.3 Å². The van der Waals surface area contributed by atoms with Crippen LogP contribution in [0.25, 0.3) is 0 Å². The Morgan fingerprint density at radius 3 is 2.40 bits per heavy atom. The van der Waals surface area contributed by atoms with Gasteiger partial charge in [-0.15, -0.1) is 11.6 Å². The molecule has 0 bridgehead atoms. The largest absolute Gasteiger partial charge is 0.215 e. The van der Waals surface area contributed by atoms with E-state index in [0.717, 1.165) is 31.2 Å². The fourth-order valence-corrected chi connectivity index (χ4v) is 3.68. The van der Waals surface area contributed by atoms with Crippen molar-refractivity contribution in [2.24, 2.45) is 0 Å². The molecule has 1 atom stereocenters. The lowest BCUT2D eigenvalue weighted by molar-refractivity contribution is 0.568. The summed E-state index contributed by atoms with van der Waals surface area (Å²) in [6.07, 6.45) is 3.95. The van der Waals surface area contributed by atoms with E-state index in [-0.39, 0.29) is 11.7 Å². The average molecular weight is 318 g/mol. The van der Waals surface area contributed by atoms with Gasteiger partial charge < -0.3 is 0 Å². The predicted molar refractivity (Wildman–Crippen MR) is 85.8 cm³/mol. The lowest BCUT2D eigenvalue weighted by Gasteiger charge is -2.13. The summed E-state index contributed by atoms with van der Waals surface area (Å²) < 4.78 is 26.6. The van der Waals surface area contributed by atoms with E-state index in [9.17, 15) is 8.42 Å². The van der Waals surface area contributed by atoms with Crippen molar-refractivity contribution in [3.05, 3.63) is 35.9 Å². The van der Waals surface area contributed by atoms with Crippen LogP contribution in [0.5, 0.6) is 0 Å². The Balaban J connectivity index is 2.31. The third kappa shape index (κ3) is 7.27. The average Bonchev–Trinajstić information content (AvgIpc) is 2.43. The molecule has 0 aliphatic rings. The molecule has 1 N–H and O–H groups in total. The highest BCUT2D eigenvalue weighted by Gasteiger charge is 2.16. The van der Waals surface area contributed by atoms with Crippen LogP contribution in [0.3, 0.4) is 0 Å². The predicted octanol–water partition coefficient (Wildman–Crippen LogP) is 3.51. The minimum absolute atomic E-state index is 0.00458. The Labute approximate surface area is 127 Å². The van der Waals surface area contributed by atoms with Gasteiger partial charge in [0.15, 0.2) is 0 Å². The van der Waals surface area contributed by atoms with Crippen LogP contribution in [-0.4, -0.2) is 26.6 Å². The van der Waals surface area contributed by atoms with Crippen LogP contribution in [0.2, 0.25) is 0 Å². The molecule has 1 rings (SSSR count). The third-order valence-corrected chi connectivity index (χ3v) is 5.07. The number of halogens is 1. The van der Waals surface area contributed by atoms with Crippen molar-refractivity contribution in [2.75, 3.05) is 18.2 Å². The molecule has 20 heavy (non-hydrogen) atoms. The van der Waals surface area contributed by atoms with Gasteiger partial charge in [-0.1, -0.05) is 50.1 Å². The number of benzene rings is 1. The summed E-state index contributed by atoms with van der Waals surface area (Å²) in [6, 6.07) is 9.73. The molecule has 1 unspecified atom stereocenters. The Kier molecular flexibility index (Phi) is 8.19. The van der Waals surface area contributed by atoms with Crippen LogP contribution >= 0.6 is 11.6 Å². The lowest BCUT2D eigenvalue weighted by atomic mass is 10.0. The second kappa shape index (κ2) is 9.37. The maximum absolute atomic E-state index is 12.0. The summed E-state index contributed by atoms with van der Waals surface area (Å²) in [6.45, 7) is 2.46. The molecule has 3 nitrogen and oxygen atoms in total. The monoisotopic (exact) mass is 317 g/mol. The first-order valence-corrected chi connectivity index (χ1v) is 9.32. The van der Waals surface area contributed by atoms with Crippen molar-refractivity contribution in [1.82, 2.24) is 4.72 Å². The number of sulfonamides is 1. The molecule has 0 aliphatic heterocycles. The summed E-state index contributed by atoms with van der Waals surface area (Å²) in [5.74, 6) is 0.823. The fourth-order valence-electron chi connectivity index (χ4n) is 2.07. The van der Waals surface area contributed by atoms with Gasteiger partial charge in [0.2, 0.25) is 10.0 Å². The van der Waals surface area contributed by atoms with E-state index in [1.54, 1.807) is 0 Å². The van der Waals surface area contributed by atoms with Crippen molar-refractivity contribution in [2.45, 2.75) is 38.5 Å². The van der Waals surface area contributed by atoms with E-state index < -0.39 is 10.0 Å². The zero-order chi connectivity index (χ0) is 14.8. The third-order valence-electron chi connectivity index (χ3n) is 3.22. The Bertz CT molecular complexity index is 462. The van der Waals surface area contributed by atoms with E-state index in [4.69, 9.17) is 11.6 Å². The highest BCUT2D eigenvalue weighted by atomic mass is 35.5. The second-order valence-electron chi connectivity index (χ2n) is 5.09. The van der Waals surface area contributed by atoms with E-state index in [0.29, 0.717) is 12.4 Å². The van der Waals surface area contributed by atoms with Crippen molar-refractivity contribution in [1.29, 1.82) is 0 Å². The maximum Gasteiger partial charge on any atom is 0.212 e. The molecule has 0 saturated carbocycles. The molecule has 0 aromatic heterocycles. The van der Waals surface area contributed by atoms with Gasteiger partial charge in [-0.3, -0.25) is 0 Å². The molecule has 5 heteroatoms. The van der Waals surface area contributed by atoms with Gasteiger partial charge in [0.1, 0.15) is 0 Å². The molecular formula is C15H24ClNO2S. The minimum atomic E-state index is -3.20. The molecule has 0 heterocycles. The molecular weight excluding hydrogens is 294 g/mol. The number of nitrogens with one attached hydrogen (secondary N) is 1.